The third-order valence-electron chi connectivity index (χ3n) is 6.02. The second kappa shape index (κ2) is 8.38. The van der Waals surface area contributed by atoms with Crippen molar-refractivity contribution in [2.45, 2.75) is 38.7 Å². The summed E-state index contributed by atoms with van der Waals surface area (Å²) in [6.07, 6.45) is 2.32. The Kier molecular flexibility index (Phi) is 6.18. The highest BCUT2D eigenvalue weighted by atomic mass is 32.2. The quantitative estimate of drug-likeness (QED) is 0.594. The van der Waals surface area contributed by atoms with E-state index in [2.05, 4.69) is 16.6 Å². The highest BCUT2D eigenvalue weighted by Gasteiger charge is 2.65. The van der Waals surface area contributed by atoms with E-state index in [0.717, 1.165) is 0 Å². The van der Waals surface area contributed by atoms with Crippen LogP contribution in [0.4, 0.5) is 5.69 Å². The van der Waals surface area contributed by atoms with Crippen LogP contribution in [-0.2, 0) is 21.4 Å². The van der Waals surface area contributed by atoms with E-state index < -0.39 is 26.8 Å². The number of amides is 1. The zero-order valence-electron chi connectivity index (χ0n) is 18.4. The first kappa shape index (κ1) is 22.9. The Hall–Kier alpha value is -2.80. The Bertz CT molecular complexity index is 1070. The molecule has 6 nitrogen and oxygen atoms in total. The molecule has 1 aliphatic rings. The number of allylic oxidation sites excluding steroid dienone is 1. The van der Waals surface area contributed by atoms with Gasteiger partial charge in [-0.1, -0.05) is 51.1 Å². The molecule has 2 aromatic rings. The van der Waals surface area contributed by atoms with Gasteiger partial charge in [-0.2, -0.15) is 0 Å². The maximum atomic E-state index is 13.2. The Morgan fingerprint density at radius 2 is 1.90 bits per heavy atom. The first-order chi connectivity index (χ1) is 14.5. The summed E-state index contributed by atoms with van der Waals surface area (Å²) < 4.78 is 34.5. The fraction of sp³-hybridized carbons (Fsp3) is 0.375. The van der Waals surface area contributed by atoms with Gasteiger partial charge < -0.3 is 10.1 Å². The lowest BCUT2D eigenvalue weighted by atomic mass is 9.75. The molecule has 7 heteroatoms. The van der Waals surface area contributed by atoms with Crippen molar-refractivity contribution < 1.29 is 17.9 Å². The fourth-order valence-electron chi connectivity index (χ4n) is 4.07. The molecule has 0 unspecified atom stereocenters. The lowest BCUT2D eigenvalue weighted by Crippen LogP contribution is -2.43. The molecular formula is C24H30N2O4S. The molecule has 31 heavy (non-hydrogen) atoms. The topological polar surface area (TPSA) is 84.5 Å². The Labute approximate surface area is 184 Å². The number of carbonyl (C=O) groups is 1. The Morgan fingerprint density at radius 3 is 2.45 bits per heavy atom. The van der Waals surface area contributed by atoms with Crippen molar-refractivity contribution >= 4 is 21.6 Å². The number of sulfonamides is 1. The maximum absolute atomic E-state index is 13.2. The molecule has 0 heterocycles. The molecule has 0 radical (unpaired) electrons. The molecule has 1 aliphatic carbocycles. The first-order valence-electron chi connectivity index (χ1n) is 10.2. The smallest absolute Gasteiger partial charge is 0.266 e. The van der Waals surface area contributed by atoms with Crippen LogP contribution in [0.15, 0.2) is 66.1 Å². The monoisotopic (exact) mass is 442 g/mol. The third kappa shape index (κ3) is 4.46. The summed E-state index contributed by atoms with van der Waals surface area (Å²) in [6, 6.07) is 14.3. The minimum absolute atomic E-state index is 0.0115. The predicted molar refractivity (Wildman–Crippen MR) is 122 cm³/mol. The predicted octanol–water partition coefficient (Wildman–Crippen LogP) is 4.35. The van der Waals surface area contributed by atoms with Crippen LogP contribution < -0.4 is 14.8 Å². The molecule has 1 fully saturated rings. The van der Waals surface area contributed by atoms with Crippen molar-refractivity contribution in [3.05, 3.63) is 66.7 Å². The second-order valence-electron chi connectivity index (χ2n) is 8.88. The number of rotatable bonds is 8. The van der Waals surface area contributed by atoms with Gasteiger partial charge in [-0.3, -0.25) is 4.79 Å². The SMILES string of the molecule is C=C[C@@H]1C[C@@]1(C(=O)NS(=O)(=O)c1cc(COc2ccccc2)ccc1NC)C(C)(C)C. The van der Waals surface area contributed by atoms with Gasteiger partial charge in [0, 0.05) is 7.05 Å². The van der Waals surface area contributed by atoms with E-state index in [4.69, 9.17) is 4.74 Å². The van der Waals surface area contributed by atoms with Crippen LogP contribution in [0.2, 0.25) is 0 Å². The molecule has 0 spiro atoms. The molecule has 2 atom stereocenters. The molecule has 3 rings (SSSR count). The number of ether oxygens (including phenoxy) is 1. The van der Waals surface area contributed by atoms with Gasteiger partial charge in [0.25, 0.3) is 10.0 Å². The number of para-hydroxylation sites is 1. The molecule has 0 saturated heterocycles. The molecule has 2 N–H and O–H groups in total. The van der Waals surface area contributed by atoms with E-state index in [0.29, 0.717) is 23.4 Å². The van der Waals surface area contributed by atoms with Crippen molar-refractivity contribution in [1.82, 2.24) is 4.72 Å². The summed E-state index contributed by atoms with van der Waals surface area (Å²) in [5, 5.41) is 2.89. The van der Waals surface area contributed by atoms with E-state index in [9.17, 15) is 13.2 Å². The summed E-state index contributed by atoms with van der Waals surface area (Å²) >= 11 is 0. The highest BCUT2D eigenvalue weighted by molar-refractivity contribution is 7.90. The maximum Gasteiger partial charge on any atom is 0.266 e. The number of carbonyl (C=O) groups excluding carboxylic acids is 1. The molecule has 0 aliphatic heterocycles. The number of hydrogen-bond donors (Lipinski definition) is 2. The van der Waals surface area contributed by atoms with Gasteiger partial charge >= 0.3 is 0 Å². The van der Waals surface area contributed by atoms with Crippen LogP contribution >= 0.6 is 0 Å². The van der Waals surface area contributed by atoms with Gasteiger partial charge in [0.15, 0.2) is 0 Å². The zero-order chi connectivity index (χ0) is 22.9. The van der Waals surface area contributed by atoms with Crippen LogP contribution in [0, 0.1) is 16.7 Å². The third-order valence-corrected chi connectivity index (χ3v) is 7.39. The molecule has 166 valence electrons. The van der Waals surface area contributed by atoms with E-state index in [1.54, 1.807) is 25.3 Å². The molecule has 1 saturated carbocycles. The summed E-state index contributed by atoms with van der Waals surface area (Å²) in [4.78, 5) is 13.2. The summed E-state index contributed by atoms with van der Waals surface area (Å²) in [7, 11) is -2.45. The lowest BCUT2D eigenvalue weighted by Gasteiger charge is -2.30. The van der Waals surface area contributed by atoms with Crippen LogP contribution in [0.25, 0.3) is 0 Å². The van der Waals surface area contributed by atoms with Crippen molar-refractivity contribution in [2.75, 3.05) is 12.4 Å². The molecule has 0 aromatic heterocycles. The summed E-state index contributed by atoms with van der Waals surface area (Å²) in [5.41, 5.74) is -0.0977. The zero-order valence-corrected chi connectivity index (χ0v) is 19.3. The molecular weight excluding hydrogens is 412 g/mol. The van der Waals surface area contributed by atoms with Crippen LogP contribution in [0.5, 0.6) is 5.75 Å². The standard InChI is InChI=1S/C24H30N2O4S/c1-6-18-15-24(18,23(2,3)4)22(27)26-31(28,29)21-14-17(12-13-20(21)25-5)16-30-19-10-8-7-9-11-19/h6-14,18,25H,1,15-16H2,2-5H3,(H,26,27)/t18-,24-/m1/s1. The molecule has 1 amide bonds. The van der Waals surface area contributed by atoms with Crippen molar-refractivity contribution in [3.8, 4) is 5.75 Å². The number of hydrogen-bond acceptors (Lipinski definition) is 5. The van der Waals surface area contributed by atoms with Gasteiger partial charge in [0.1, 0.15) is 17.3 Å². The van der Waals surface area contributed by atoms with Crippen molar-refractivity contribution in [1.29, 1.82) is 0 Å². The van der Waals surface area contributed by atoms with Gasteiger partial charge in [-0.25, -0.2) is 13.1 Å². The molecule has 0 bridgehead atoms. The largest absolute Gasteiger partial charge is 0.489 e. The van der Waals surface area contributed by atoms with Gasteiger partial charge in [-0.15, -0.1) is 6.58 Å². The average Bonchev–Trinajstić information content (AvgIpc) is 3.49. The normalized spacial score (nSPS) is 20.6. The fourth-order valence-corrected chi connectivity index (χ4v) is 5.38. The van der Waals surface area contributed by atoms with Crippen LogP contribution in [0.1, 0.15) is 32.8 Å². The lowest BCUT2D eigenvalue weighted by molar-refractivity contribution is -0.128. The van der Waals surface area contributed by atoms with E-state index in [1.807, 2.05) is 51.1 Å². The summed E-state index contributed by atoms with van der Waals surface area (Å²) in [6.45, 7) is 9.85. The Morgan fingerprint density at radius 1 is 1.23 bits per heavy atom. The number of benzene rings is 2. The van der Waals surface area contributed by atoms with Gasteiger partial charge in [0.2, 0.25) is 5.91 Å². The first-order valence-corrected chi connectivity index (χ1v) is 11.7. The Balaban J connectivity index is 1.86. The minimum Gasteiger partial charge on any atom is -0.489 e. The number of anilines is 1. The number of nitrogens with one attached hydrogen (secondary N) is 2. The highest BCUT2D eigenvalue weighted by Crippen LogP contribution is 2.64. The average molecular weight is 443 g/mol. The van der Waals surface area contributed by atoms with Crippen LogP contribution in [-0.4, -0.2) is 21.4 Å². The second-order valence-corrected chi connectivity index (χ2v) is 10.5. The molecule has 2 aromatic carbocycles. The van der Waals surface area contributed by atoms with Gasteiger partial charge in [-0.05, 0) is 47.6 Å². The van der Waals surface area contributed by atoms with E-state index >= 15 is 0 Å². The van der Waals surface area contributed by atoms with Crippen LogP contribution in [0.3, 0.4) is 0 Å². The minimum atomic E-state index is -4.09. The van der Waals surface area contributed by atoms with Gasteiger partial charge in [0.05, 0.1) is 11.1 Å². The van der Waals surface area contributed by atoms with Crippen molar-refractivity contribution in [3.63, 3.8) is 0 Å². The summed E-state index contributed by atoms with van der Waals surface area (Å²) in [5.74, 6) is 0.157. The van der Waals surface area contributed by atoms with E-state index in [-0.39, 0.29) is 17.4 Å². The van der Waals surface area contributed by atoms with Crippen molar-refractivity contribution in [2.24, 2.45) is 16.7 Å². The van der Waals surface area contributed by atoms with E-state index in [1.165, 1.54) is 6.07 Å².